The largest absolute Gasteiger partial charge is 0.306 e. The van der Waals surface area contributed by atoms with E-state index in [4.69, 9.17) is 0 Å². The predicted molar refractivity (Wildman–Crippen MR) is 99.4 cm³/mol. The zero-order valence-corrected chi connectivity index (χ0v) is 15.3. The molecule has 0 bridgehead atoms. The minimum atomic E-state index is -3.51. The third-order valence-electron chi connectivity index (χ3n) is 4.54. The molecule has 0 radical (unpaired) electrons. The van der Waals surface area contributed by atoms with Crippen molar-refractivity contribution >= 4 is 21.6 Å². The molecule has 27 heavy (non-hydrogen) atoms. The Morgan fingerprint density at radius 3 is 2.78 bits per heavy atom. The summed E-state index contributed by atoms with van der Waals surface area (Å²) in [4.78, 5) is 23.0. The minimum absolute atomic E-state index is 0.193. The third kappa shape index (κ3) is 3.11. The molecule has 0 atom stereocenters. The maximum absolute atomic E-state index is 13.0. The SMILES string of the molecule is CNS(=O)(=O)c1ccc2c(c1)CCN2C(=O)c1cc(-n2ccnc2)ccn1. The summed E-state index contributed by atoms with van der Waals surface area (Å²) in [5, 5.41) is 0. The predicted octanol–water partition coefficient (Wildman–Crippen LogP) is 1.38. The van der Waals surface area contributed by atoms with Crippen molar-refractivity contribution in [2.45, 2.75) is 11.3 Å². The Hall–Kier alpha value is -3.04. The molecule has 0 saturated heterocycles. The van der Waals surface area contributed by atoms with Gasteiger partial charge < -0.3 is 9.47 Å². The lowest BCUT2D eigenvalue weighted by Gasteiger charge is -2.17. The number of pyridine rings is 1. The normalized spacial score (nSPS) is 13.6. The van der Waals surface area contributed by atoms with E-state index in [9.17, 15) is 13.2 Å². The molecule has 1 N–H and O–H groups in total. The summed E-state index contributed by atoms with van der Waals surface area (Å²) in [6.45, 7) is 0.480. The van der Waals surface area contributed by atoms with Gasteiger partial charge in [-0.25, -0.2) is 18.1 Å². The molecule has 1 aromatic carbocycles. The summed E-state index contributed by atoms with van der Waals surface area (Å²) in [7, 11) is -2.14. The van der Waals surface area contributed by atoms with Crippen LogP contribution in [0.25, 0.3) is 5.69 Å². The van der Waals surface area contributed by atoms with Crippen molar-refractivity contribution in [3.05, 3.63) is 66.5 Å². The number of fused-ring (bicyclic) bond motifs is 1. The number of anilines is 1. The van der Waals surface area contributed by atoms with Gasteiger partial charge in [-0.1, -0.05) is 0 Å². The van der Waals surface area contributed by atoms with Crippen LogP contribution in [0.3, 0.4) is 0 Å². The highest BCUT2D eigenvalue weighted by atomic mass is 32.2. The molecule has 3 heterocycles. The van der Waals surface area contributed by atoms with Crippen molar-refractivity contribution in [2.75, 3.05) is 18.5 Å². The number of carbonyl (C=O) groups is 1. The van der Waals surface area contributed by atoms with Gasteiger partial charge in [-0.2, -0.15) is 0 Å². The van der Waals surface area contributed by atoms with E-state index in [-0.39, 0.29) is 10.8 Å². The highest BCUT2D eigenvalue weighted by molar-refractivity contribution is 7.89. The smallest absolute Gasteiger partial charge is 0.276 e. The Bertz CT molecular complexity index is 1110. The molecule has 3 aromatic rings. The van der Waals surface area contributed by atoms with E-state index in [1.165, 1.54) is 13.1 Å². The summed E-state index contributed by atoms with van der Waals surface area (Å²) in [5.74, 6) is -0.222. The number of amides is 1. The van der Waals surface area contributed by atoms with Crippen LogP contribution >= 0.6 is 0 Å². The Balaban J connectivity index is 1.65. The van der Waals surface area contributed by atoms with Gasteiger partial charge in [0.25, 0.3) is 5.91 Å². The summed E-state index contributed by atoms with van der Waals surface area (Å²) in [5.41, 5.74) is 2.65. The first-order chi connectivity index (χ1) is 13.0. The molecule has 1 amide bonds. The maximum atomic E-state index is 13.0. The van der Waals surface area contributed by atoms with E-state index < -0.39 is 10.0 Å². The first kappa shape index (κ1) is 17.4. The Kier molecular flexibility index (Phi) is 4.25. The second kappa shape index (κ2) is 6.60. The van der Waals surface area contributed by atoms with Crippen molar-refractivity contribution in [1.82, 2.24) is 19.3 Å². The first-order valence-electron chi connectivity index (χ1n) is 8.32. The van der Waals surface area contributed by atoms with Crippen LogP contribution in [0, 0.1) is 0 Å². The van der Waals surface area contributed by atoms with Crippen LogP contribution in [0.2, 0.25) is 0 Å². The number of carbonyl (C=O) groups excluding carboxylic acids is 1. The number of sulfonamides is 1. The summed E-state index contributed by atoms with van der Waals surface area (Å²) in [6, 6.07) is 8.30. The van der Waals surface area contributed by atoms with E-state index in [0.29, 0.717) is 24.3 Å². The second-order valence-electron chi connectivity index (χ2n) is 6.07. The Labute approximate surface area is 156 Å². The molecule has 9 heteroatoms. The number of nitrogens with one attached hydrogen (secondary N) is 1. The lowest BCUT2D eigenvalue weighted by molar-refractivity contribution is 0.0984. The molecular formula is C18H17N5O3S. The lowest BCUT2D eigenvalue weighted by atomic mass is 10.2. The van der Waals surface area contributed by atoms with Gasteiger partial charge in [-0.15, -0.1) is 0 Å². The van der Waals surface area contributed by atoms with E-state index in [0.717, 1.165) is 11.3 Å². The summed E-state index contributed by atoms with van der Waals surface area (Å²) >= 11 is 0. The van der Waals surface area contributed by atoms with Crippen LogP contribution in [0.15, 0.2) is 60.1 Å². The quantitative estimate of drug-likeness (QED) is 0.734. The lowest BCUT2D eigenvalue weighted by Crippen LogP contribution is -2.29. The molecule has 0 fully saturated rings. The van der Waals surface area contributed by atoms with Crippen molar-refractivity contribution in [3.8, 4) is 5.69 Å². The van der Waals surface area contributed by atoms with Gasteiger partial charge in [0.15, 0.2) is 0 Å². The van der Waals surface area contributed by atoms with E-state index >= 15 is 0 Å². The number of benzene rings is 1. The molecule has 0 unspecified atom stereocenters. The molecule has 0 aliphatic carbocycles. The van der Waals surface area contributed by atoms with Gasteiger partial charge in [0.1, 0.15) is 5.69 Å². The fourth-order valence-electron chi connectivity index (χ4n) is 3.12. The minimum Gasteiger partial charge on any atom is -0.306 e. The molecule has 1 aliphatic heterocycles. The molecule has 2 aromatic heterocycles. The fraction of sp³-hybridized carbons (Fsp3) is 0.167. The molecule has 4 rings (SSSR count). The highest BCUT2D eigenvalue weighted by Crippen LogP contribution is 2.31. The zero-order chi connectivity index (χ0) is 19.0. The van der Waals surface area contributed by atoms with Crippen molar-refractivity contribution in [2.24, 2.45) is 0 Å². The van der Waals surface area contributed by atoms with Gasteiger partial charge in [0.05, 0.1) is 16.9 Å². The highest BCUT2D eigenvalue weighted by Gasteiger charge is 2.28. The fourth-order valence-corrected chi connectivity index (χ4v) is 3.90. The standard InChI is InChI=1S/C18H17N5O3S/c1-19-27(25,26)15-2-3-17-13(10-15)5-8-23(17)18(24)16-11-14(4-6-21-16)22-9-7-20-12-22/h2-4,6-7,9-12,19H,5,8H2,1H3. The Morgan fingerprint density at radius 1 is 1.19 bits per heavy atom. The first-order valence-corrected chi connectivity index (χ1v) is 9.80. The molecule has 0 saturated carbocycles. The van der Waals surface area contributed by atoms with E-state index in [1.54, 1.807) is 58.7 Å². The van der Waals surface area contributed by atoms with Crippen LogP contribution < -0.4 is 9.62 Å². The van der Waals surface area contributed by atoms with E-state index in [1.807, 2.05) is 0 Å². The van der Waals surface area contributed by atoms with Crippen molar-refractivity contribution < 1.29 is 13.2 Å². The molecule has 0 spiro atoms. The maximum Gasteiger partial charge on any atom is 0.276 e. The van der Waals surface area contributed by atoms with Gasteiger partial charge in [-0.3, -0.25) is 9.78 Å². The molecule has 138 valence electrons. The van der Waals surface area contributed by atoms with Crippen LogP contribution in [0.1, 0.15) is 16.1 Å². The van der Waals surface area contributed by atoms with Gasteiger partial charge >= 0.3 is 0 Å². The number of nitrogens with zero attached hydrogens (tertiary/aromatic N) is 4. The van der Waals surface area contributed by atoms with Crippen LogP contribution in [0.5, 0.6) is 0 Å². The van der Waals surface area contributed by atoms with Gasteiger partial charge in [-0.05, 0) is 49.4 Å². The van der Waals surface area contributed by atoms with Gasteiger partial charge in [0, 0.05) is 30.8 Å². The zero-order valence-electron chi connectivity index (χ0n) is 14.5. The topological polar surface area (TPSA) is 97.2 Å². The van der Waals surface area contributed by atoms with Crippen LogP contribution in [-0.4, -0.2) is 42.5 Å². The molecule has 1 aliphatic rings. The number of aromatic nitrogens is 3. The molecule has 8 nitrogen and oxygen atoms in total. The summed E-state index contributed by atoms with van der Waals surface area (Å²) in [6.07, 6.45) is 7.28. The third-order valence-corrected chi connectivity index (χ3v) is 5.95. The number of rotatable bonds is 4. The average molecular weight is 383 g/mol. The monoisotopic (exact) mass is 383 g/mol. The summed E-state index contributed by atoms with van der Waals surface area (Å²) < 4.78 is 28.1. The number of hydrogen-bond donors (Lipinski definition) is 1. The van der Waals surface area contributed by atoms with Crippen LogP contribution in [0.4, 0.5) is 5.69 Å². The Morgan fingerprint density at radius 2 is 2.04 bits per heavy atom. The van der Waals surface area contributed by atoms with Crippen LogP contribution in [-0.2, 0) is 16.4 Å². The second-order valence-corrected chi connectivity index (χ2v) is 7.96. The van der Waals surface area contributed by atoms with Crippen molar-refractivity contribution in [3.63, 3.8) is 0 Å². The molecular weight excluding hydrogens is 366 g/mol. The van der Waals surface area contributed by atoms with Gasteiger partial charge in [0.2, 0.25) is 10.0 Å². The van der Waals surface area contributed by atoms with Crippen molar-refractivity contribution in [1.29, 1.82) is 0 Å². The number of hydrogen-bond acceptors (Lipinski definition) is 5. The number of imidazole rings is 1. The average Bonchev–Trinajstić information content (AvgIpc) is 3.37. The van der Waals surface area contributed by atoms with E-state index in [2.05, 4.69) is 14.7 Å².